The molecule has 1 fully saturated rings. The van der Waals surface area contributed by atoms with Crippen LogP contribution in [0, 0.1) is 0 Å². The van der Waals surface area contributed by atoms with Crippen molar-refractivity contribution in [2.24, 2.45) is 5.73 Å². The van der Waals surface area contributed by atoms with Crippen molar-refractivity contribution >= 4 is 15.9 Å². The number of hydrogen-bond donors (Lipinski definition) is 2. The van der Waals surface area contributed by atoms with Crippen LogP contribution < -0.4 is 5.73 Å². The SMILES string of the molecule is CC1(O)CC(N)(c2cccc(Br)c2)C1. The summed E-state index contributed by atoms with van der Waals surface area (Å²) in [6.07, 6.45) is 1.27. The van der Waals surface area contributed by atoms with Gasteiger partial charge < -0.3 is 10.8 Å². The summed E-state index contributed by atoms with van der Waals surface area (Å²) in [5.41, 5.74) is 6.36. The summed E-state index contributed by atoms with van der Waals surface area (Å²) in [5.74, 6) is 0. The minimum absolute atomic E-state index is 0.340. The molecule has 0 aromatic heterocycles. The predicted molar refractivity (Wildman–Crippen MR) is 59.9 cm³/mol. The van der Waals surface area contributed by atoms with E-state index in [2.05, 4.69) is 15.9 Å². The van der Waals surface area contributed by atoms with Crippen LogP contribution in [0.1, 0.15) is 25.3 Å². The molecule has 0 spiro atoms. The summed E-state index contributed by atoms with van der Waals surface area (Å²) < 4.78 is 1.03. The first kappa shape index (κ1) is 10.1. The molecular weight excluding hydrogens is 242 g/mol. The maximum atomic E-state index is 9.69. The molecule has 1 aliphatic rings. The molecule has 0 heterocycles. The van der Waals surface area contributed by atoms with Gasteiger partial charge in [0.25, 0.3) is 0 Å². The lowest BCUT2D eigenvalue weighted by Crippen LogP contribution is -2.58. The summed E-state index contributed by atoms with van der Waals surface area (Å²) >= 11 is 3.42. The molecule has 0 amide bonds. The van der Waals surface area contributed by atoms with Gasteiger partial charge in [-0.15, -0.1) is 0 Å². The highest BCUT2D eigenvalue weighted by Gasteiger charge is 2.49. The molecule has 0 radical (unpaired) electrons. The molecule has 1 saturated carbocycles. The molecular formula is C11H14BrNO. The molecule has 0 atom stereocenters. The first-order chi connectivity index (χ1) is 6.41. The fourth-order valence-electron chi connectivity index (χ4n) is 2.31. The first-order valence-electron chi connectivity index (χ1n) is 4.69. The van der Waals surface area contributed by atoms with Crippen molar-refractivity contribution in [1.82, 2.24) is 0 Å². The summed E-state index contributed by atoms with van der Waals surface area (Å²) in [4.78, 5) is 0. The molecule has 2 rings (SSSR count). The van der Waals surface area contributed by atoms with Gasteiger partial charge in [-0.25, -0.2) is 0 Å². The first-order valence-corrected chi connectivity index (χ1v) is 5.48. The highest BCUT2D eigenvalue weighted by Crippen LogP contribution is 2.46. The van der Waals surface area contributed by atoms with Gasteiger partial charge >= 0.3 is 0 Å². The Bertz CT molecular complexity index is 354. The largest absolute Gasteiger partial charge is 0.390 e. The van der Waals surface area contributed by atoms with Gasteiger partial charge in [-0.3, -0.25) is 0 Å². The Morgan fingerprint density at radius 2 is 2.07 bits per heavy atom. The van der Waals surface area contributed by atoms with E-state index in [4.69, 9.17) is 5.73 Å². The summed E-state index contributed by atoms with van der Waals surface area (Å²) in [6, 6.07) is 7.99. The second-order valence-corrected chi connectivity index (χ2v) is 5.43. The maximum absolute atomic E-state index is 9.69. The number of hydrogen-bond acceptors (Lipinski definition) is 2. The average molecular weight is 256 g/mol. The number of halogens is 1. The van der Waals surface area contributed by atoms with Gasteiger partial charge in [0.2, 0.25) is 0 Å². The van der Waals surface area contributed by atoms with E-state index in [1.54, 1.807) is 0 Å². The Morgan fingerprint density at radius 3 is 2.57 bits per heavy atom. The minimum atomic E-state index is -0.586. The van der Waals surface area contributed by atoms with E-state index >= 15 is 0 Å². The molecule has 2 nitrogen and oxygen atoms in total. The molecule has 1 aromatic rings. The molecule has 1 aromatic carbocycles. The molecule has 76 valence electrons. The van der Waals surface area contributed by atoms with E-state index in [0.717, 1.165) is 10.0 Å². The molecule has 3 N–H and O–H groups in total. The zero-order valence-electron chi connectivity index (χ0n) is 8.13. The van der Waals surface area contributed by atoms with Crippen LogP contribution in [-0.4, -0.2) is 10.7 Å². The third kappa shape index (κ3) is 1.72. The van der Waals surface area contributed by atoms with Crippen LogP contribution in [0.3, 0.4) is 0 Å². The normalized spacial score (nSPS) is 36.6. The van der Waals surface area contributed by atoms with Gasteiger partial charge in [0.05, 0.1) is 5.60 Å². The van der Waals surface area contributed by atoms with Crippen LogP contribution in [0.5, 0.6) is 0 Å². The third-order valence-corrected chi connectivity index (χ3v) is 3.29. The van der Waals surface area contributed by atoms with E-state index in [0.29, 0.717) is 12.8 Å². The van der Waals surface area contributed by atoms with Crippen molar-refractivity contribution in [1.29, 1.82) is 0 Å². The lowest BCUT2D eigenvalue weighted by molar-refractivity contribution is -0.0738. The minimum Gasteiger partial charge on any atom is -0.390 e. The summed E-state index contributed by atoms with van der Waals surface area (Å²) in [7, 11) is 0. The van der Waals surface area contributed by atoms with Gasteiger partial charge in [-0.2, -0.15) is 0 Å². The molecule has 0 bridgehead atoms. The van der Waals surface area contributed by atoms with E-state index in [9.17, 15) is 5.11 Å². The number of nitrogens with two attached hydrogens (primary N) is 1. The van der Waals surface area contributed by atoms with Crippen LogP contribution in [0.15, 0.2) is 28.7 Å². The zero-order chi connectivity index (χ0) is 10.4. The van der Waals surface area contributed by atoms with E-state index in [1.165, 1.54) is 0 Å². The van der Waals surface area contributed by atoms with Crippen LogP contribution in [0.4, 0.5) is 0 Å². The van der Waals surface area contributed by atoms with Crippen LogP contribution in [0.2, 0.25) is 0 Å². The fraction of sp³-hybridized carbons (Fsp3) is 0.455. The van der Waals surface area contributed by atoms with Crippen molar-refractivity contribution < 1.29 is 5.11 Å². The Kier molecular flexibility index (Phi) is 2.21. The summed E-state index contributed by atoms with van der Waals surface area (Å²) in [6.45, 7) is 1.83. The summed E-state index contributed by atoms with van der Waals surface area (Å²) in [5, 5.41) is 9.69. The highest BCUT2D eigenvalue weighted by atomic mass is 79.9. The lowest BCUT2D eigenvalue weighted by Gasteiger charge is -2.49. The van der Waals surface area contributed by atoms with Crippen LogP contribution in [-0.2, 0) is 5.54 Å². The molecule has 0 unspecified atom stereocenters. The van der Waals surface area contributed by atoms with Gasteiger partial charge in [0.1, 0.15) is 0 Å². The fourth-order valence-corrected chi connectivity index (χ4v) is 2.71. The standard InChI is InChI=1S/C11H14BrNO/c1-10(14)6-11(13,7-10)8-3-2-4-9(12)5-8/h2-5,14H,6-7,13H2,1H3. The molecule has 1 aliphatic carbocycles. The van der Waals surface area contributed by atoms with Gasteiger partial charge in [0, 0.05) is 10.0 Å². The van der Waals surface area contributed by atoms with Crippen molar-refractivity contribution in [2.75, 3.05) is 0 Å². The van der Waals surface area contributed by atoms with Crippen LogP contribution in [0.25, 0.3) is 0 Å². The van der Waals surface area contributed by atoms with Crippen molar-refractivity contribution in [3.63, 3.8) is 0 Å². The number of benzene rings is 1. The Labute approximate surface area is 92.3 Å². The zero-order valence-corrected chi connectivity index (χ0v) is 9.71. The molecule has 0 saturated heterocycles. The van der Waals surface area contributed by atoms with Crippen LogP contribution >= 0.6 is 15.9 Å². The van der Waals surface area contributed by atoms with Gasteiger partial charge in [-0.1, -0.05) is 28.1 Å². The monoisotopic (exact) mass is 255 g/mol. The number of rotatable bonds is 1. The lowest BCUT2D eigenvalue weighted by atomic mass is 9.63. The Hall–Kier alpha value is -0.380. The quantitative estimate of drug-likeness (QED) is 0.808. The maximum Gasteiger partial charge on any atom is 0.0661 e. The van der Waals surface area contributed by atoms with E-state index < -0.39 is 5.60 Å². The topological polar surface area (TPSA) is 46.2 Å². The second kappa shape index (κ2) is 3.05. The highest BCUT2D eigenvalue weighted by molar-refractivity contribution is 9.10. The number of aliphatic hydroxyl groups is 1. The third-order valence-electron chi connectivity index (χ3n) is 2.79. The average Bonchev–Trinajstić information content (AvgIpc) is 2.00. The van der Waals surface area contributed by atoms with Crippen molar-refractivity contribution in [3.8, 4) is 0 Å². The van der Waals surface area contributed by atoms with E-state index in [1.807, 2.05) is 31.2 Å². The van der Waals surface area contributed by atoms with Crippen molar-refractivity contribution in [3.05, 3.63) is 34.3 Å². The van der Waals surface area contributed by atoms with Gasteiger partial charge in [0.15, 0.2) is 0 Å². The smallest absolute Gasteiger partial charge is 0.0661 e. The predicted octanol–water partition coefficient (Wildman–Crippen LogP) is 2.15. The van der Waals surface area contributed by atoms with Crippen molar-refractivity contribution in [2.45, 2.75) is 30.9 Å². The van der Waals surface area contributed by atoms with E-state index in [-0.39, 0.29) is 5.54 Å². The molecule has 14 heavy (non-hydrogen) atoms. The second-order valence-electron chi connectivity index (χ2n) is 4.52. The Balaban J connectivity index is 2.25. The molecule has 3 heteroatoms. The Morgan fingerprint density at radius 1 is 1.43 bits per heavy atom. The van der Waals surface area contributed by atoms with Gasteiger partial charge in [-0.05, 0) is 37.5 Å². The molecule has 0 aliphatic heterocycles.